The van der Waals surface area contributed by atoms with E-state index >= 15 is 4.39 Å². The van der Waals surface area contributed by atoms with E-state index in [0.29, 0.717) is 18.7 Å². The third kappa shape index (κ3) is 3.29. The molecular formula is C25H24FN3O4. The Morgan fingerprint density at radius 1 is 1.06 bits per heavy atom. The molecule has 0 radical (unpaired) electrons. The SMILES string of the molecule is O=C1C2=C(O)C(O)C=CN2N2CN1C[C@H]1C[C@@H]1COc1c(F)cccc1[C@@H]2c1ccccc1. The summed E-state index contributed by atoms with van der Waals surface area (Å²) in [4.78, 5) is 15.1. The third-order valence-corrected chi connectivity index (χ3v) is 6.91. The quantitative estimate of drug-likeness (QED) is 0.697. The van der Waals surface area contributed by atoms with Gasteiger partial charge in [0.1, 0.15) is 6.10 Å². The van der Waals surface area contributed by atoms with Crippen LogP contribution in [0.2, 0.25) is 0 Å². The number of amides is 1. The third-order valence-electron chi connectivity index (χ3n) is 6.91. The molecule has 6 rings (SSSR count). The summed E-state index contributed by atoms with van der Waals surface area (Å²) in [7, 11) is 0. The standard InChI is InChI=1S/C25H24FN3O4/c26-19-8-4-7-18-21(15-5-2-1-3-6-15)29-14-27(12-16-11-17(16)13-33-24(18)19)25(32)22-23(31)20(30)9-10-28(22)29/h1-10,16-17,20-21,30-31H,11-14H2/t16-,17-,20?,21+/m1/s1. The molecular weight excluding hydrogens is 425 g/mol. The van der Waals surface area contributed by atoms with Crippen molar-refractivity contribution in [3.8, 4) is 5.75 Å². The van der Waals surface area contributed by atoms with E-state index in [4.69, 9.17) is 4.74 Å². The van der Waals surface area contributed by atoms with Crippen molar-refractivity contribution >= 4 is 5.91 Å². The summed E-state index contributed by atoms with van der Waals surface area (Å²) in [5.41, 5.74) is 1.53. The van der Waals surface area contributed by atoms with Gasteiger partial charge < -0.3 is 19.8 Å². The first-order valence-corrected chi connectivity index (χ1v) is 11.1. The van der Waals surface area contributed by atoms with E-state index in [0.717, 1.165) is 12.0 Å². The van der Waals surface area contributed by atoms with Gasteiger partial charge in [0.2, 0.25) is 0 Å². The summed E-state index contributed by atoms with van der Waals surface area (Å²) in [5, 5.41) is 24.4. The summed E-state index contributed by atoms with van der Waals surface area (Å²) in [5.74, 6) is -0.454. The molecule has 2 fully saturated rings. The number of aliphatic hydroxyl groups is 2. The van der Waals surface area contributed by atoms with Crippen LogP contribution < -0.4 is 4.74 Å². The highest BCUT2D eigenvalue weighted by molar-refractivity contribution is 5.94. The van der Waals surface area contributed by atoms with E-state index in [9.17, 15) is 15.0 Å². The Hall–Kier alpha value is -3.36. The molecule has 4 aliphatic rings. The van der Waals surface area contributed by atoms with Crippen LogP contribution in [-0.4, -0.2) is 57.0 Å². The van der Waals surface area contributed by atoms with Crippen molar-refractivity contribution in [2.75, 3.05) is 19.8 Å². The Kier molecular flexibility index (Phi) is 4.67. The number of para-hydroxylation sites is 1. The van der Waals surface area contributed by atoms with Crippen molar-refractivity contribution in [1.29, 1.82) is 0 Å². The second-order valence-electron chi connectivity index (χ2n) is 9.01. The normalized spacial score (nSPS) is 30.6. The Morgan fingerprint density at radius 3 is 2.70 bits per heavy atom. The summed E-state index contributed by atoms with van der Waals surface area (Å²) < 4.78 is 21.1. The minimum Gasteiger partial charge on any atom is -0.507 e. The highest BCUT2D eigenvalue weighted by Crippen LogP contribution is 2.45. The molecule has 0 spiro atoms. The second kappa shape index (κ2) is 7.60. The van der Waals surface area contributed by atoms with Gasteiger partial charge in [0.05, 0.1) is 19.3 Å². The van der Waals surface area contributed by atoms with Crippen LogP contribution in [0, 0.1) is 17.7 Å². The van der Waals surface area contributed by atoms with Gasteiger partial charge in [-0.2, -0.15) is 5.01 Å². The van der Waals surface area contributed by atoms with Crippen LogP contribution in [0.4, 0.5) is 4.39 Å². The lowest BCUT2D eigenvalue weighted by Crippen LogP contribution is -2.59. The number of rotatable bonds is 1. The van der Waals surface area contributed by atoms with Crippen LogP contribution in [-0.2, 0) is 4.79 Å². The first kappa shape index (κ1) is 20.3. The highest BCUT2D eigenvalue weighted by Gasteiger charge is 2.47. The van der Waals surface area contributed by atoms with Crippen molar-refractivity contribution in [3.63, 3.8) is 0 Å². The summed E-state index contributed by atoms with van der Waals surface area (Å²) in [6.45, 7) is 1.14. The number of hydrogen-bond donors (Lipinski definition) is 2. The van der Waals surface area contributed by atoms with Gasteiger partial charge >= 0.3 is 0 Å². The molecule has 3 heterocycles. The molecule has 1 saturated carbocycles. The zero-order chi connectivity index (χ0) is 22.7. The maximum Gasteiger partial charge on any atom is 0.276 e. The number of carbonyl (C=O) groups is 1. The van der Waals surface area contributed by atoms with Crippen LogP contribution in [0.3, 0.4) is 0 Å². The van der Waals surface area contributed by atoms with Crippen LogP contribution in [0.1, 0.15) is 23.6 Å². The Balaban J connectivity index is 1.57. The van der Waals surface area contributed by atoms with E-state index in [1.54, 1.807) is 22.2 Å². The lowest BCUT2D eigenvalue weighted by molar-refractivity contribution is -0.150. The first-order valence-electron chi connectivity index (χ1n) is 11.1. The van der Waals surface area contributed by atoms with Gasteiger partial charge in [0.15, 0.2) is 23.0 Å². The lowest BCUT2D eigenvalue weighted by atomic mass is 9.96. The molecule has 33 heavy (non-hydrogen) atoms. The van der Waals surface area contributed by atoms with Gasteiger partial charge in [0, 0.05) is 18.3 Å². The molecule has 3 aliphatic heterocycles. The van der Waals surface area contributed by atoms with E-state index in [1.807, 2.05) is 41.4 Å². The number of benzene rings is 2. The van der Waals surface area contributed by atoms with Crippen LogP contribution in [0.25, 0.3) is 0 Å². The van der Waals surface area contributed by atoms with Crippen molar-refractivity contribution in [2.45, 2.75) is 18.6 Å². The van der Waals surface area contributed by atoms with Crippen molar-refractivity contribution in [1.82, 2.24) is 14.9 Å². The monoisotopic (exact) mass is 449 g/mol. The topological polar surface area (TPSA) is 76.5 Å². The molecule has 0 aromatic heterocycles. The minimum absolute atomic E-state index is 0.0208. The van der Waals surface area contributed by atoms with E-state index in [1.165, 1.54) is 12.1 Å². The van der Waals surface area contributed by atoms with E-state index in [2.05, 4.69) is 0 Å². The van der Waals surface area contributed by atoms with Crippen LogP contribution in [0.5, 0.6) is 5.75 Å². The number of nitrogens with zero attached hydrogens (tertiary/aromatic N) is 3. The molecule has 1 aliphatic carbocycles. The van der Waals surface area contributed by atoms with Crippen LogP contribution >= 0.6 is 0 Å². The molecule has 1 saturated heterocycles. The fourth-order valence-electron chi connectivity index (χ4n) is 5.06. The number of carbonyl (C=O) groups excluding carboxylic acids is 1. The number of hydrogen-bond acceptors (Lipinski definition) is 6. The molecule has 2 bridgehead atoms. The zero-order valence-electron chi connectivity index (χ0n) is 17.8. The summed E-state index contributed by atoms with van der Waals surface area (Å²) in [6, 6.07) is 14.0. The predicted octanol–water partition coefficient (Wildman–Crippen LogP) is 2.92. The fraction of sp³-hybridized carbons (Fsp3) is 0.320. The van der Waals surface area contributed by atoms with E-state index < -0.39 is 18.0 Å². The number of hydrazine groups is 1. The number of aliphatic hydroxyl groups excluding tert-OH is 2. The van der Waals surface area contributed by atoms with Crippen molar-refractivity contribution < 1.29 is 24.1 Å². The number of fused-ring (bicyclic) bond motifs is 6. The fourth-order valence-corrected chi connectivity index (χ4v) is 5.06. The molecule has 5 atom stereocenters. The van der Waals surface area contributed by atoms with Crippen molar-refractivity contribution in [3.05, 3.63) is 89.2 Å². The Morgan fingerprint density at radius 2 is 1.88 bits per heavy atom. The maximum atomic E-state index is 15.1. The number of halogens is 1. The zero-order valence-corrected chi connectivity index (χ0v) is 17.8. The maximum absolute atomic E-state index is 15.1. The highest BCUT2D eigenvalue weighted by atomic mass is 19.1. The molecule has 8 heteroatoms. The summed E-state index contributed by atoms with van der Waals surface area (Å²) >= 11 is 0. The average molecular weight is 449 g/mol. The summed E-state index contributed by atoms with van der Waals surface area (Å²) in [6.07, 6.45) is 2.65. The first-order chi connectivity index (χ1) is 16.0. The number of ether oxygens (including phenoxy) is 1. The van der Waals surface area contributed by atoms with Gasteiger partial charge in [-0.1, -0.05) is 42.5 Å². The van der Waals surface area contributed by atoms with Crippen LogP contribution in [0.15, 0.2) is 72.3 Å². The van der Waals surface area contributed by atoms with E-state index in [-0.39, 0.29) is 41.6 Å². The van der Waals surface area contributed by atoms with Gasteiger partial charge in [-0.25, -0.2) is 4.39 Å². The van der Waals surface area contributed by atoms with Gasteiger partial charge in [0.25, 0.3) is 5.91 Å². The molecule has 170 valence electrons. The molecule has 2 N–H and O–H groups in total. The minimum atomic E-state index is -1.26. The predicted molar refractivity (Wildman–Crippen MR) is 117 cm³/mol. The average Bonchev–Trinajstić information content (AvgIpc) is 3.56. The lowest BCUT2D eigenvalue weighted by Gasteiger charge is -2.49. The Bertz CT molecular complexity index is 1170. The van der Waals surface area contributed by atoms with Gasteiger partial charge in [-0.3, -0.25) is 9.80 Å². The molecule has 7 nitrogen and oxygen atoms in total. The van der Waals surface area contributed by atoms with Gasteiger partial charge in [-0.05, 0) is 36.0 Å². The van der Waals surface area contributed by atoms with Gasteiger partial charge in [-0.15, -0.1) is 0 Å². The molecule has 2 aromatic carbocycles. The Labute approximate surface area is 190 Å². The molecule has 2 aromatic rings. The largest absolute Gasteiger partial charge is 0.507 e. The second-order valence-corrected chi connectivity index (χ2v) is 9.01. The smallest absolute Gasteiger partial charge is 0.276 e. The molecule has 1 amide bonds. The molecule has 2 unspecified atom stereocenters. The van der Waals surface area contributed by atoms with Crippen molar-refractivity contribution in [2.24, 2.45) is 11.8 Å².